The summed E-state index contributed by atoms with van der Waals surface area (Å²) in [7, 11) is 0. The van der Waals surface area contributed by atoms with Crippen LogP contribution in [0.25, 0.3) is 0 Å². The molecule has 0 saturated carbocycles. The van der Waals surface area contributed by atoms with Crippen LogP contribution < -0.4 is 14.5 Å². The lowest BCUT2D eigenvalue weighted by molar-refractivity contribution is 0.256. The van der Waals surface area contributed by atoms with Crippen molar-refractivity contribution in [1.29, 1.82) is 0 Å². The Morgan fingerprint density at radius 2 is 1.03 bits per heavy atom. The minimum absolute atomic E-state index is 0.452. The maximum Gasteiger partial charge on any atom is 0.162 e. The Morgan fingerprint density at radius 1 is 0.526 bits per heavy atom. The van der Waals surface area contributed by atoms with Crippen molar-refractivity contribution in [3.05, 3.63) is 162 Å². The van der Waals surface area contributed by atoms with Gasteiger partial charge in [0.05, 0.1) is 18.4 Å². The van der Waals surface area contributed by atoms with Crippen molar-refractivity contribution in [3.8, 4) is 11.5 Å². The molecule has 0 amide bonds. The molecule has 0 aliphatic rings. The molecule has 0 bridgehead atoms. The highest BCUT2D eigenvalue weighted by Gasteiger charge is 2.09. The first-order valence-electron chi connectivity index (χ1n) is 12.7. The van der Waals surface area contributed by atoms with E-state index in [1.165, 1.54) is 5.56 Å². The Labute approximate surface area is 224 Å². The summed E-state index contributed by atoms with van der Waals surface area (Å²) < 4.78 is 12.4. The summed E-state index contributed by atoms with van der Waals surface area (Å²) in [5, 5.41) is 6.85. The van der Waals surface area contributed by atoms with Gasteiger partial charge in [-0.1, -0.05) is 109 Å². The molecule has 5 aromatic rings. The van der Waals surface area contributed by atoms with E-state index >= 15 is 0 Å². The minimum atomic E-state index is 0.452. The van der Waals surface area contributed by atoms with E-state index in [0.717, 1.165) is 22.4 Å². The van der Waals surface area contributed by atoms with Crippen LogP contribution in [-0.4, -0.2) is 6.21 Å². The molecule has 0 aromatic heterocycles. The molecule has 0 unspecified atom stereocenters. The number of hydrazone groups is 1. The van der Waals surface area contributed by atoms with E-state index in [1.807, 2.05) is 102 Å². The fraction of sp³-hybridized carbons (Fsp3) is 0.0882. The van der Waals surface area contributed by atoms with E-state index in [9.17, 15) is 0 Å². The predicted molar refractivity (Wildman–Crippen MR) is 155 cm³/mol. The fourth-order valence-corrected chi connectivity index (χ4v) is 4.00. The maximum atomic E-state index is 6.24. The molecule has 0 aliphatic heterocycles. The molecular weight excluding hydrogens is 468 g/mol. The molecule has 0 N–H and O–H groups in total. The van der Waals surface area contributed by atoms with Gasteiger partial charge in [0, 0.05) is 0 Å². The average Bonchev–Trinajstić information content (AvgIpc) is 2.99. The third-order valence-electron chi connectivity index (χ3n) is 6.02. The van der Waals surface area contributed by atoms with E-state index in [1.54, 1.807) is 0 Å². The molecule has 0 aliphatic carbocycles. The lowest BCUT2D eigenvalue weighted by Gasteiger charge is -2.19. The zero-order chi connectivity index (χ0) is 25.8. The van der Waals surface area contributed by atoms with Gasteiger partial charge in [-0.3, -0.25) is 5.01 Å². The number of para-hydroxylation sites is 1. The SMILES string of the molecule is C(=NN(Cc1ccccc1)c1ccccc1)c1ccc(OCc2ccccc2)c(OCc2ccccc2)c1. The summed E-state index contributed by atoms with van der Waals surface area (Å²) in [5.74, 6) is 1.38. The first kappa shape index (κ1) is 24.8. The number of hydrogen-bond acceptors (Lipinski definition) is 4. The normalized spacial score (nSPS) is 10.8. The lowest BCUT2D eigenvalue weighted by atomic mass is 10.2. The van der Waals surface area contributed by atoms with Crippen molar-refractivity contribution < 1.29 is 9.47 Å². The van der Waals surface area contributed by atoms with Gasteiger partial charge in [0.25, 0.3) is 0 Å². The Morgan fingerprint density at radius 3 is 1.61 bits per heavy atom. The van der Waals surface area contributed by atoms with Crippen LogP contribution in [0, 0.1) is 0 Å². The van der Waals surface area contributed by atoms with E-state index in [0.29, 0.717) is 31.3 Å². The Balaban J connectivity index is 1.38. The first-order valence-corrected chi connectivity index (χ1v) is 12.7. The van der Waals surface area contributed by atoms with Crippen LogP contribution in [0.2, 0.25) is 0 Å². The zero-order valence-corrected chi connectivity index (χ0v) is 21.2. The molecule has 38 heavy (non-hydrogen) atoms. The molecule has 188 valence electrons. The standard InChI is InChI=1S/C34H30N2O2/c1-5-13-28(14-6-1)25-36(32-19-11-4-12-20-32)35-24-31-21-22-33(37-26-29-15-7-2-8-16-29)34(23-31)38-27-30-17-9-3-10-18-30/h1-24H,25-27H2. The number of rotatable bonds is 11. The second-order valence-electron chi connectivity index (χ2n) is 8.88. The number of benzene rings is 5. The number of ether oxygens (including phenoxy) is 2. The molecule has 0 saturated heterocycles. The van der Waals surface area contributed by atoms with Crippen LogP contribution in [0.4, 0.5) is 5.69 Å². The summed E-state index contributed by atoms with van der Waals surface area (Å²) in [6.45, 7) is 1.58. The van der Waals surface area contributed by atoms with Crippen molar-refractivity contribution in [2.45, 2.75) is 19.8 Å². The van der Waals surface area contributed by atoms with E-state index in [4.69, 9.17) is 14.6 Å². The first-order chi connectivity index (χ1) is 18.8. The molecule has 0 heterocycles. The second kappa shape index (κ2) is 12.9. The maximum absolute atomic E-state index is 6.24. The van der Waals surface area contributed by atoms with Crippen molar-refractivity contribution in [1.82, 2.24) is 0 Å². The fourth-order valence-electron chi connectivity index (χ4n) is 4.00. The van der Waals surface area contributed by atoms with Crippen LogP contribution >= 0.6 is 0 Å². The number of anilines is 1. The van der Waals surface area contributed by atoms with Crippen LogP contribution in [-0.2, 0) is 19.8 Å². The van der Waals surface area contributed by atoms with Crippen LogP contribution in [0.3, 0.4) is 0 Å². The minimum Gasteiger partial charge on any atom is -0.485 e. The highest BCUT2D eigenvalue weighted by Crippen LogP contribution is 2.30. The van der Waals surface area contributed by atoms with Crippen LogP contribution in [0.1, 0.15) is 22.3 Å². The van der Waals surface area contributed by atoms with Gasteiger partial charge in [-0.2, -0.15) is 5.10 Å². The third kappa shape index (κ3) is 7.11. The summed E-state index contributed by atoms with van der Waals surface area (Å²) in [5.41, 5.74) is 5.33. The Kier molecular flexibility index (Phi) is 8.45. The Hall–Kier alpha value is -4.83. The number of nitrogens with zero attached hydrogens (tertiary/aromatic N) is 2. The van der Waals surface area contributed by atoms with E-state index in [-0.39, 0.29) is 0 Å². The van der Waals surface area contributed by atoms with Gasteiger partial charge in [-0.15, -0.1) is 0 Å². The molecule has 5 rings (SSSR count). The van der Waals surface area contributed by atoms with Crippen molar-refractivity contribution in [2.24, 2.45) is 5.10 Å². The van der Waals surface area contributed by atoms with Gasteiger partial charge < -0.3 is 9.47 Å². The highest BCUT2D eigenvalue weighted by molar-refractivity contribution is 5.81. The van der Waals surface area contributed by atoms with Crippen molar-refractivity contribution in [2.75, 3.05) is 5.01 Å². The topological polar surface area (TPSA) is 34.1 Å². The van der Waals surface area contributed by atoms with Gasteiger partial charge >= 0.3 is 0 Å². The summed E-state index contributed by atoms with van der Waals surface area (Å²) in [6, 6.07) is 46.7. The third-order valence-corrected chi connectivity index (χ3v) is 6.02. The summed E-state index contributed by atoms with van der Waals surface area (Å²) >= 11 is 0. The largest absolute Gasteiger partial charge is 0.485 e. The van der Waals surface area contributed by atoms with Crippen LogP contribution in [0.5, 0.6) is 11.5 Å². The Bertz CT molecular complexity index is 1420. The average molecular weight is 499 g/mol. The van der Waals surface area contributed by atoms with E-state index in [2.05, 4.69) is 48.5 Å². The van der Waals surface area contributed by atoms with Gasteiger partial charge in [0.15, 0.2) is 11.5 Å². The monoisotopic (exact) mass is 498 g/mol. The molecular formula is C34H30N2O2. The van der Waals surface area contributed by atoms with Gasteiger partial charge in [-0.25, -0.2) is 0 Å². The predicted octanol–water partition coefficient (Wildman–Crippen LogP) is 7.89. The molecule has 0 radical (unpaired) electrons. The highest BCUT2D eigenvalue weighted by atomic mass is 16.5. The molecule has 0 fully saturated rings. The number of hydrogen-bond donors (Lipinski definition) is 0. The van der Waals surface area contributed by atoms with Gasteiger partial charge in [0.1, 0.15) is 13.2 Å². The van der Waals surface area contributed by atoms with Crippen molar-refractivity contribution >= 4 is 11.9 Å². The summed E-state index contributed by atoms with van der Waals surface area (Å²) in [4.78, 5) is 0. The van der Waals surface area contributed by atoms with Crippen LogP contribution in [0.15, 0.2) is 145 Å². The molecule has 5 aromatic carbocycles. The van der Waals surface area contributed by atoms with E-state index < -0.39 is 0 Å². The van der Waals surface area contributed by atoms with Crippen molar-refractivity contribution in [3.63, 3.8) is 0 Å². The van der Waals surface area contributed by atoms with Gasteiger partial charge in [0.2, 0.25) is 0 Å². The van der Waals surface area contributed by atoms with Gasteiger partial charge in [-0.05, 0) is 52.6 Å². The molecule has 4 heteroatoms. The summed E-state index contributed by atoms with van der Waals surface area (Å²) in [6.07, 6.45) is 1.87. The zero-order valence-electron chi connectivity index (χ0n) is 21.2. The second-order valence-corrected chi connectivity index (χ2v) is 8.88. The quantitative estimate of drug-likeness (QED) is 0.137. The smallest absolute Gasteiger partial charge is 0.162 e. The molecule has 0 atom stereocenters. The molecule has 0 spiro atoms. The molecule has 4 nitrogen and oxygen atoms in total. The lowest BCUT2D eigenvalue weighted by Crippen LogP contribution is -2.16.